The summed E-state index contributed by atoms with van der Waals surface area (Å²) in [5.74, 6) is -1.19. The third-order valence-corrected chi connectivity index (χ3v) is 2.16. The minimum absolute atomic E-state index is 0.0324. The maximum absolute atomic E-state index is 11.1. The number of carboxylic acids is 1. The van der Waals surface area contributed by atoms with Gasteiger partial charge in [0.05, 0.1) is 12.1 Å². The summed E-state index contributed by atoms with van der Waals surface area (Å²) in [7, 11) is 0. The van der Waals surface area contributed by atoms with Crippen LogP contribution in [0.3, 0.4) is 0 Å². The second kappa shape index (κ2) is 4.63. The molecule has 1 heterocycles. The standard InChI is InChI=1S/C10H13NO4/c1-2-7-10(15)8(12)3-5-11(7)6-4-9(13)14/h3,5,15H,2,4,6H2,1H3,(H,13,14). The zero-order valence-electron chi connectivity index (χ0n) is 8.43. The lowest BCUT2D eigenvalue weighted by molar-refractivity contribution is -0.137. The van der Waals surface area contributed by atoms with Crippen LogP contribution in [0.25, 0.3) is 0 Å². The van der Waals surface area contributed by atoms with Crippen molar-refractivity contribution in [1.29, 1.82) is 0 Å². The van der Waals surface area contributed by atoms with E-state index in [-0.39, 0.29) is 18.7 Å². The zero-order chi connectivity index (χ0) is 11.4. The van der Waals surface area contributed by atoms with Crippen LogP contribution in [0.1, 0.15) is 19.0 Å². The van der Waals surface area contributed by atoms with Gasteiger partial charge in [-0.05, 0) is 6.42 Å². The van der Waals surface area contributed by atoms with Crippen molar-refractivity contribution in [3.8, 4) is 5.75 Å². The minimum Gasteiger partial charge on any atom is -0.503 e. The lowest BCUT2D eigenvalue weighted by Gasteiger charge is -2.11. The zero-order valence-corrected chi connectivity index (χ0v) is 8.43. The smallest absolute Gasteiger partial charge is 0.305 e. The number of hydrogen-bond donors (Lipinski definition) is 2. The van der Waals surface area contributed by atoms with Crippen LogP contribution in [0.5, 0.6) is 5.75 Å². The van der Waals surface area contributed by atoms with E-state index >= 15 is 0 Å². The average Bonchev–Trinajstić information content (AvgIpc) is 2.19. The van der Waals surface area contributed by atoms with E-state index in [0.717, 1.165) is 0 Å². The highest BCUT2D eigenvalue weighted by atomic mass is 16.4. The molecular weight excluding hydrogens is 198 g/mol. The first kappa shape index (κ1) is 11.3. The van der Waals surface area contributed by atoms with Gasteiger partial charge < -0.3 is 14.8 Å². The molecule has 82 valence electrons. The fourth-order valence-electron chi connectivity index (χ4n) is 1.40. The Bertz CT molecular complexity index is 422. The monoisotopic (exact) mass is 211 g/mol. The Morgan fingerprint density at radius 3 is 2.73 bits per heavy atom. The van der Waals surface area contributed by atoms with Gasteiger partial charge in [0.1, 0.15) is 0 Å². The number of aromatic nitrogens is 1. The van der Waals surface area contributed by atoms with Crippen molar-refractivity contribution in [1.82, 2.24) is 4.57 Å². The van der Waals surface area contributed by atoms with E-state index in [0.29, 0.717) is 12.1 Å². The Balaban J connectivity index is 3.02. The number of aromatic hydroxyl groups is 1. The number of carbonyl (C=O) groups is 1. The highest BCUT2D eigenvalue weighted by Crippen LogP contribution is 2.12. The third kappa shape index (κ3) is 2.59. The molecule has 1 aromatic rings. The highest BCUT2D eigenvalue weighted by molar-refractivity contribution is 5.66. The van der Waals surface area contributed by atoms with Crippen molar-refractivity contribution in [2.75, 3.05) is 0 Å². The molecule has 0 saturated heterocycles. The lowest BCUT2D eigenvalue weighted by Crippen LogP contribution is -2.14. The molecule has 0 spiro atoms. The molecule has 5 heteroatoms. The fraction of sp³-hybridized carbons (Fsp3) is 0.400. The van der Waals surface area contributed by atoms with Crippen LogP contribution < -0.4 is 5.43 Å². The Kier molecular flexibility index (Phi) is 3.49. The summed E-state index contributed by atoms with van der Waals surface area (Å²) >= 11 is 0. The SMILES string of the molecule is CCc1c(O)c(=O)ccn1CCC(=O)O. The van der Waals surface area contributed by atoms with Crippen LogP contribution >= 0.6 is 0 Å². The predicted molar refractivity (Wildman–Crippen MR) is 54.0 cm³/mol. The van der Waals surface area contributed by atoms with Crippen molar-refractivity contribution in [3.63, 3.8) is 0 Å². The van der Waals surface area contributed by atoms with Gasteiger partial charge in [-0.2, -0.15) is 0 Å². The molecule has 15 heavy (non-hydrogen) atoms. The number of nitrogens with zero attached hydrogens (tertiary/aromatic N) is 1. The molecule has 0 atom stereocenters. The van der Waals surface area contributed by atoms with Gasteiger partial charge in [0.25, 0.3) is 0 Å². The van der Waals surface area contributed by atoms with Crippen LogP contribution in [0.15, 0.2) is 17.1 Å². The van der Waals surface area contributed by atoms with E-state index < -0.39 is 11.4 Å². The van der Waals surface area contributed by atoms with Crippen molar-refractivity contribution in [3.05, 3.63) is 28.2 Å². The van der Waals surface area contributed by atoms with Gasteiger partial charge in [-0.1, -0.05) is 6.92 Å². The van der Waals surface area contributed by atoms with E-state index in [9.17, 15) is 14.7 Å². The second-order valence-corrected chi connectivity index (χ2v) is 3.17. The molecule has 2 N–H and O–H groups in total. The van der Waals surface area contributed by atoms with Crippen LogP contribution in [-0.2, 0) is 17.8 Å². The molecule has 0 aliphatic carbocycles. The van der Waals surface area contributed by atoms with E-state index in [2.05, 4.69) is 0 Å². The quantitative estimate of drug-likeness (QED) is 0.763. The fourth-order valence-corrected chi connectivity index (χ4v) is 1.40. The molecule has 5 nitrogen and oxygen atoms in total. The predicted octanol–water partition coefficient (Wildman–Crippen LogP) is 0.591. The number of carboxylic acid groups (broad SMARTS) is 1. The molecule has 0 bridgehead atoms. The molecule has 0 amide bonds. The molecule has 0 aliphatic heterocycles. The first-order valence-corrected chi connectivity index (χ1v) is 4.69. The number of hydrogen-bond acceptors (Lipinski definition) is 3. The van der Waals surface area contributed by atoms with E-state index in [1.165, 1.54) is 12.3 Å². The molecule has 0 saturated carbocycles. The maximum Gasteiger partial charge on any atom is 0.305 e. The number of pyridine rings is 1. The Morgan fingerprint density at radius 2 is 2.20 bits per heavy atom. The summed E-state index contributed by atoms with van der Waals surface area (Å²) in [6.45, 7) is 2.05. The lowest BCUT2D eigenvalue weighted by atomic mass is 10.2. The van der Waals surface area contributed by atoms with E-state index in [1.54, 1.807) is 11.5 Å². The summed E-state index contributed by atoms with van der Waals surface area (Å²) in [5, 5.41) is 18.0. The van der Waals surface area contributed by atoms with Crippen molar-refractivity contribution < 1.29 is 15.0 Å². The molecule has 0 aliphatic rings. The van der Waals surface area contributed by atoms with Gasteiger partial charge in [-0.25, -0.2) is 0 Å². The molecule has 1 rings (SSSR count). The molecule has 1 aromatic heterocycles. The summed E-state index contributed by atoms with van der Waals surface area (Å²) < 4.78 is 1.59. The van der Waals surface area contributed by atoms with E-state index in [4.69, 9.17) is 5.11 Å². The van der Waals surface area contributed by atoms with Crippen LogP contribution in [0.4, 0.5) is 0 Å². The van der Waals surface area contributed by atoms with Gasteiger partial charge >= 0.3 is 5.97 Å². The Labute approximate surface area is 86.6 Å². The first-order chi connectivity index (χ1) is 7.06. The molecular formula is C10H13NO4. The minimum atomic E-state index is -0.907. The first-order valence-electron chi connectivity index (χ1n) is 4.69. The topological polar surface area (TPSA) is 79.5 Å². The van der Waals surface area contributed by atoms with Gasteiger partial charge in [0, 0.05) is 18.8 Å². The summed E-state index contributed by atoms with van der Waals surface area (Å²) in [5.41, 5.74) is 0.0437. The molecule has 0 aromatic carbocycles. The second-order valence-electron chi connectivity index (χ2n) is 3.17. The van der Waals surface area contributed by atoms with Gasteiger partial charge in [-0.3, -0.25) is 9.59 Å². The van der Waals surface area contributed by atoms with Crippen LogP contribution in [-0.4, -0.2) is 20.7 Å². The summed E-state index contributed by atoms with van der Waals surface area (Å²) in [6, 6.07) is 1.23. The molecule has 0 unspecified atom stereocenters. The van der Waals surface area contributed by atoms with Gasteiger partial charge in [0.2, 0.25) is 5.43 Å². The van der Waals surface area contributed by atoms with Crippen LogP contribution in [0, 0.1) is 0 Å². The van der Waals surface area contributed by atoms with Crippen molar-refractivity contribution in [2.45, 2.75) is 26.3 Å². The Hall–Kier alpha value is -1.78. The maximum atomic E-state index is 11.1. The summed E-state index contributed by atoms with van der Waals surface area (Å²) in [6.07, 6.45) is 1.96. The van der Waals surface area contributed by atoms with Gasteiger partial charge in [0.15, 0.2) is 5.75 Å². The normalized spacial score (nSPS) is 10.2. The van der Waals surface area contributed by atoms with Crippen molar-refractivity contribution >= 4 is 5.97 Å². The van der Waals surface area contributed by atoms with Crippen molar-refractivity contribution in [2.24, 2.45) is 0 Å². The van der Waals surface area contributed by atoms with Gasteiger partial charge in [-0.15, -0.1) is 0 Å². The molecule has 0 radical (unpaired) electrons. The van der Waals surface area contributed by atoms with E-state index in [1.807, 2.05) is 0 Å². The number of aryl methyl sites for hydroxylation is 1. The highest BCUT2D eigenvalue weighted by Gasteiger charge is 2.08. The number of rotatable bonds is 4. The Morgan fingerprint density at radius 1 is 1.53 bits per heavy atom. The average molecular weight is 211 g/mol. The molecule has 0 fully saturated rings. The number of aliphatic carboxylic acids is 1. The largest absolute Gasteiger partial charge is 0.503 e. The third-order valence-electron chi connectivity index (χ3n) is 2.16. The summed E-state index contributed by atoms with van der Waals surface area (Å²) in [4.78, 5) is 21.5. The van der Waals surface area contributed by atoms with Crippen LogP contribution in [0.2, 0.25) is 0 Å².